The molecule has 1 fully saturated rings. The zero-order chi connectivity index (χ0) is 20.1. The second-order valence-corrected chi connectivity index (χ2v) is 8.12. The molecule has 2 aromatic carbocycles. The van der Waals surface area contributed by atoms with Crippen LogP contribution in [-0.4, -0.2) is 43.3 Å². The Kier molecular flexibility index (Phi) is 6.40. The monoisotopic (exact) mass is 390 g/mol. The first-order valence-corrected chi connectivity index (χ1v) is 10.8. The fourth-order valence-corrected chi connectivity index (χ4v) is 4.63. The van der Waals surface area contributed by atoms with Crippen molar-refractivity contribution in [2.45, 2.75) is 38.5 Å². The number of ketones is 1. The van der Waals surface area contributed by atoms with E-state index < -0.39 is 0 Å². The SMILES string of the molecule is C/C=N/COc1ccc2c(c1)CCC(CN1CCC(c3ccccc3)CC1)C2=O. The number of aliphatic imine (C=N–C) groups is 1. The van der Waals surface area contributed by atoms with Gasteiger partial charge in [0.15, 0.2) is 12.5 Å². The van der Waals surface area contributed by atoms with E-state index in [9.17, 15) is 4.79 Å². The summed E-state index contributed by atoms with van der Waals surface area (Å²) in [7, 11) is 0. The summed E-state index contributed by atoms with van der Waals surface area (Å²) >= 11 is 0. The predicted molar refractivity (Wildman–Crippen MR) is 117 cm³/mol. The minimum Gasteiger partial charge on any atom is -0.471 e. The molecule has 0 bridgehead atoms. The van der Waals surface area contributed by atoms with Crippen LogP contribution in [0.1, 0.15) is 53.6 Å². The van der Waals surface area contributed by atoms with Gasteiger partial charge >= 0.3 is 0 Å². The van der Waals surface area contributed by atoms with Crippen molar-refractivity contribution in [1.82, 2.24) is 4.90 Å². The Morgan fingerprint density at radius 3 is 2.66 bits per heavy atom. The fraction of sp³-hybridized carbons (Fsp3) is 0.440. The number of carbonyl (C=O) groups excluding carboxylic acids is 1. The molecule has 2 aliphatic rings. The number of carbonyl (C=O) groups is 1. The highest BCUT2D eigenvalue weighted by Gasteiger charge is 2.30. The topological polar surface area (TPSA) is 41.9 Å². The van der Waals surface area contributed by atoms with Crippen LogP contribution in [-0.2, 0) is 6.42 Å². The minimum atomic E-state index is 0.118. The number of likely N-dealkylation sites (tertiary alicyclic amines) is 1. The summed E-state index contributed by atoms with van der Waals surface area (Å²) in [4.78, 5) is 19.6. The minimum absolute atomic E-state index is 0.118. The summed E-state index contributed by atoms with van der Waals surface area (Å²) in [6.07, 6.45) is 5.97. The molecular weight excluding hydrogens is 360 g/mol. The number of nitrogens with zero attached hydrogens (tertiary/aromatic N) is 2. The van der Waals surface area contributed by atoms with Gasteiger partial charge in [-0.3, -0.25) is 9.79 Å². The molecule has 4 rings (SSSR count). The molecule has 29 heavy (non-hydrogen) atoms. The van der Waals surface area contributed by atoms with E-state index in [-0.39, 0.29) is 5.92 Å². The van der Waals surface area contributed by atoms with Gasteiger partial charge in [-0.1, -0.05) is 30.3 Å². The van der Waals surface area contributed by atoms with Crippen molar-refractivity contribution >= 4 is 12.0 Å². The summed E-state index contributed by atoms with van der Waals surface area (Å²) in [5.41, 5.74) is 3.45. The van der Waals surface area contributed by atoms with Crippen molar-refractivity contribution in [3.63, 3.8) is 0 Å². The fourth-order valence-electron chi connectivity index (χ4n) is 4.63. The number of aryl methyl sites for hydroxylation is 1. The van der Waals surface area contributed by atoms with Crippen LogP contribution in [0.25, 0.3) is 0 Å². The summed E-state index contributed by atoms with van der Waals surface area (Å²) in [6.45, 7) is 5.26. The van der Waals surface area contributed by atoms with Gasteiger partial charge in [0.05, 0.1) is 0 Å². The summed E-state index contributed by atoms with van der Waals surface area (Å²) in [5.74, 6) is 1.87. The molecule has 1 heterocycles. The van der Waals surface area contributed by atoms with Gasteiger partial charge in [0, 0.05) is 18.0 Å². The molecular formula is C25H30N2O2. The summed E-state index contributed by atoms with van der Waals surface area (Å²) in [6, 6.07) is 16.7. The highest BCUT2D eigenvalue weighted by molar-refractivity contribution is 6.00. The molecule has 1 aliphatic heterocycles. The first kappa shape index (κ1) is 19.8. The Morgan fingerprint density at radius 2 is 1.90 bits per heavy atom. The van der Waals surface area contributed by atoms with E-state index in [1.165, 1.54) is 18.4 Å². The number of fused-ring (bicyclic) bond motifs is 1. The van der Waals surface area contributed by atoms with Crippen LogP contribution in [0.5, 0.6) is 5.75 Å². The molecule has 0 radical (unpaired) electrons. The van der Waals surface area contributed by atoms with Crippen molar-refractivity contribution in [2.75, 3.05) is 26.4 Å². The average molecular weight is 391 g/mol. The van der Waals surface area contributed by atoms with E-state index in [0.29, 0.717) is 18.4 Å². The summed E-state index contributed by atoms with van der Waals surface area (Å²) < 4.78 is 5.63. The van der Waals surface area contributed by atoms with E-state index in [1.54, 1.807) is 6.21 Å². The number of hydrogen-bond acceptors (Lipinski definition) is 4. The molecule has 0 N–H and O–H groups in total. The maximum absolute atomic E-state index is 13.1. The van der Waals surface area contributed by atoms with Gasteiger partial charge in [-0.25, -0.2) is 0 Å². The highest BCUT2D eigenvalue weighted by atomic mass is 16.5. The van der Waals surface area contributed by atoms with Gasteiger partial charge in [-0.05, 0) is 87.2 Å². The van der Waals surface area contributed by atoms with Gasteiger partial charge in [-0.15, -0.1) is 0 Å². The number of piperidine rings is 1. The van der Waals surface area contributed by atoms with Crippen molar-refractivity contribution in [2.24, 2.45) is 10.9 Å². The predicted octanol–water partition coefficient (Wildman–Crippen LogP) is 4.74. The van der Waals surface area contributed by atoms with Crippen LogP contribution >= 0.6 is 0 Å². The molecule has 152 valence electrons. The molecule has 1 atom stereocenters. The quantitative estimate of drug-likeness (QED) is 0.669. The number of hydrogen-bond donors (Lipinski definition) is 0. The van der Waals surface area contributed by atoms with Gasteiger partial charge in [0.1, 0.15) is 5.75 Å². The molecule has 0 saturated carbocycles. The second kappa shape index (κ2) is 9.36. The van der Waals surface area contributed by atoms with Crippen LogP contribution in [0.4, 0.5) is 0 Å². The lowest BCUT2D eigenvalue weighted by Gasteiger charge is -2.35. The van der Waals surface area contributed by atoms with Crippen molar-refractivity contribution in [3.05, 3.63) is 65.2 Å². The molecule has 1 saturated heterocycles. The first-order valence-electron chi connectivity index (χ1n) is 10.8. The van der Waals surface area contributed by atoms with Crippen molar-refractivity contribution in [3.8, 4) is 5.75 Å². The Labute approximate surface area is 173 Å². The lowest BCUT2D eigenvalue weighted by Crippen LogP contribution is -2.40. The second-order valence-electron chi connectivity index (χ2n) is 8.12. The largest absolute Gasteiger partial charge is 0.471 e. The Morgan fingerprint density at radius 1 is 1.10 bits per heavy atom. The standard InChI is InChI=1S/C25H30N2O2/c1-2-26-18-29-23-10-11-24-21(16-23)8-9-22(25(24)28)17-27-14-12-20(13-15-27)19-6-4-3-5-7-19/h2-7,10-11,16,20,22H,8-9,12-15,17-18H2,1H3/b26-2+. The lowest BCUT2D eigenvalue weighted by molar-refractivity contribution is 0.0840. The molecule has 0 spiro atoms. The third-order valence-corrected chi connectivity index (χ3v) is 6.30. The van der Waals surface area contributed by atoms with Crippen LogP contribution in [0.3, 0.4) is 0 Å². The van der Waals surface area contributed by atoms with E-state index in [4.69, 9.17) is 4.74 Å². The molecule has 1 aliphatic carbocycles. The molecule has 0 amide bonds. The number of rotatable bonds is 6. The summed E-state index contributed by atoms with van der Waals surface area (Å²) in [5, 5.41) is 0. The van der Waals surface area contributed by atoms with Crippen LogP contribution in [0.2, 0.25) is 0 Å². The number of ether oxygens (including phenoxy) is 1. The first-order chi connectivity index (χ1) is 14.2. The number of benzene rings is 2. The van der Waals surface area contributed by atoms with E-state index in [2.05, 4.69) is 40.2 Å². The average Bonchev–Trinajstić information content (AvgIpc) is 2.77. The maximum Gasteiger partial charge on any atom is 0.178 e. The van der Waals surface area contributed by atoms with Gasteiger partial charge in [0.2, 0.25) is 0 Å². The highest BCUT2D eigenvalue weighted by Crippen LogP contribution is 2.32. The smallest absolute Gasteiger partial charge is 0.178 e. The van der Waals surface area contributed by atoms with Gasteiger partial charge in [0.25, 0.3) is 0 Å². The Bertz CT molecular complexity index is 854. The Balaban J connectivity index is 1.33. The van der Waals surface area contributed by atoms with Crippen LogP contribution < -0.4 is 4.74 Å². The zero-order valence-electron chi connectivity index (χ0n) is 17.2. The third-order valence-electron chi connectivity index (χ3n) is 6.30. The molecule has 1 unspecified atom stereocenters. The van der Waals surface area contributed by atoms with Crippen molar-refractivity contribution in [1.29, 1.82) is 0 Å². The van der Waals surface area contributed by atoms with Crippen molar-refractivity contribution < 1.29 is 9.53 Å². The van der Waals surface area contributed by atoms with E-state index >= 15 is 0 Å². The van der Waals surface area contributed by atoms with E-state index in [1.807, 2.05) is 25.1 Å². The molecule has 2 aromatic rings. The van der Waals surface area contributed by atoms with E-state index in [0.717, 1.165) is 49.4 Å². The molecule has 4 heteroatoms. The lowest BCUT2D eigenvalue weighted by atomic mass is 9.81. The maximum atomic E-state index is 13.1. The molecule has 0 aromatic heterocycles. The van der Waals surface area contributed by atoms with Crippen LogP contribution in [0.15, 0.2) is 53.5 Å². The molecule has 4 nitrogen and oxygen atoms in total. The van der Waals surface area contributed by atoms with Gasteiger partial charge in [-0.2, -0.15) is 0 Å². The van der Waals surface area contributed by atoms with Crippen LogP contribution in [0, 0.1) is 5.92 Å². The third kappa shape index (κ3) is 4.76. The number of Topliss-reactive ketones (excluding diaryl/α,β-unsaturated/α-hetero) is 1. The zero-order valence-corrected chi connectivity index (χ0v) is 17.2. The van der Waals surface area contributed by atoms with Gasteiger partial charge < -0.3 is 9.64 Å². The Hall–Kier alpha value is -2.46. The normalized spacial score (nSPS) is 20.7.